The van der Waals surface area contributed by atoms with Gasteiger partial charge in [-0.3, -0.25) is 14.2 Å². The van der Waals surface area contributed by atoms with Gasteiger partial charge in [0.15, 0.2) is 0 Å². The normalized spacial score (nSPS) is 10.3. The monoisotopic (exact) mass is 384 g/mol. The maximum Gasteiger partial charge on any atom is 0.227 e. The van der Waals surface area contributed by atoms with Crippen molar-refractivity contribution in [2.45, 2.75) is 19.9 Å². The van der Waals surface area contributed by atoms with Crippen molar-refractivity contribution in [3.63, 3.8) is 0 Å². The molecule has 0 aliphatic heterocycles. The molecule has 7 nitrogen and oxygen atoms in total. The van der Waals surface area contributed by atoms with E-state index in [1.165, 1.54) is 10.9 Å². The molecule has 20 heavy (non-hydrogen) atoms. The molecule has 0 bridgehead atoms. The molecule has 0 radical (unpaired) electrons. The molecule has 0 unspecified atom stereocenters. The van der Waals surface area contributed by atoms with Crippen LogP contribution in [-0.4, -0.2) is 25.5 Å². The van der Waals surface area contributed by atoms with E-state index in [0.717, 1.165) is 9.26 Å². The molecular formula is C12H13IN6O. The van der Waals surface area contributed by atoms with E-state index in [1.807, 2.05) is 13.0 Å². The molecule has 0 spiro atoms. The summed E-state index contributed by atoms with van der Waals surface area (Å²) in [5.41, 5.74) is 1.39. The van der Waals surface area contributed by atoms with E-state index in [1.54, 1.807) is 17.9 Å². The van der Waals surface area contributed by atoms with Gasteiger partial charge in [0.25, 0.3) is 0 Å². The van der Waals surface area contributed by atoms with Crippen LogP contribution < -0.4 is 5.32 Å². The van der Waals surface area contributed by atoms with Gasteiger partial charge in [0.2, 0.25) is 5.91 Å². The highest BCUT2D eigenvalue weighted by Gasteiger charge is 2.12. The number of carbonyl (C=O) groups is 1. The molecular weight excluding hydrogens is 371 g/mol. The molecule has 1 amide bonds. The van der Waals surface area contributed by atoms with E-state index in [9.17, 15) is 4.79 Å². The van der Waals surface area contributed by atoms with Crippen molar-refractivity contribution < 1.29 is 4.79 Å². The number of hydrogen-bond acceptors (Lipinski definition) is 4. The number of anilines is 1. The molecule has 104 valence electrons. The standard InChI is InChI=1S/C12H13IN6O/c1-8-10(13)7-16-19(8)4-3-11(20)17-12-9(5-14)6-15-18(12)2/h6-7H,3-4H2,1-2H3,(H,17,20). The third-order valence-corrected chi connectivity index (χ3v) is 3.97. The maximum atomic E-state index is 11.9. The first-order valence-electron chi connectivity index (χ1n) is 5.92. The first kappa shape index (κ1) is 14.5. The highest BCUT2D eigenvalue weighted by molar-refractivity contribution is 14.1. The Labute approximate surface area is 129 Å². The largest absolute Gasteiger partial charge is 0.310 e. The Hall–Kier alpha value is -1.89. The minimum absolute atomic E-state index is 0.171. The molecule has 0 atom stereocenters. The van der Waals surface area contributed by atoms with Gasteiger partial charge >= 0.3 is 0 Å². The summed E-state index contributed by atoms with van der Waals surface area (Å²) in [6, 6.07) is 1.99. The first-order valence-corrected chi connectivity index (χ1v) is 7.00. The maximum absolute atomic E-state index is 11.9. The van der Waals surface area contributed by atoms with Crippen LogP contribution in [0.3, 0.4) is 0 Å². The van der Waals surface area contributed by atoms with E-state index >= 15 is 0 Å². The average Bonchev–Trinajstić information content (AvgIpc) is 2.93. The summed E-state index contributed by atoms with van der Waals surface area (Å²) >= 11 is 2.20. The molecule has 0 aromatic carbocycles. The molecule has 8 heteroatoms. The van der Waals surface area contributed by atoms with Gasteiger partial charge in [-0.2, -0.15) is 15.5 Å². The fraction of sp³-hybridized carbons (Fsp3) is 0.333. The lowest BCUT2D eigenvalue weighted by molar-refractivity contribution is -0.116. The van der Waals surface area contributed by atoms with Crippen LogP contribution in [0.1, 0.15) is 17.7 Å². The molecule has 2 heterocycles. The summed E-state index contributed by atoms with van der Waals surface area (Å²) < 4.78 is 4.33. The molecule has 0 aliphatic carbocycles. The quantitative estimate of drug-likeness (QED) is 0.808. The number of halogens is 1. The third kappa shape index (κ3) is 2.98. The van der Waals surface area contributed by atoms with Crippen molar-refractivity contribution in [2.75, 3.05) is 5.32 Å². The van der Waals surface area contributed by atoms with Gasteiger partial charge < -0.3 is 5.32 Å². The number of carbonyl (C=O) groups excluding carboxylic acids is 1. The average molecular weight is 384 g/mol. The Morgan fingerprint density at radius 1 is 1.50 bits per heavy atom. The minimum atomic E-state index is -0.171. The van der Waals surface area contributed by atoms with Crippen LogP contribution in [0, 0.1) is 21.8 Å². The van der Waals surface area contributed by atoms with Crippen molar-refractivity contribution in [1.82, 2.24) is 19.6 Å². The van der Waals surface area contributed by atoms with Crippen LogP contribution in [0.15, 0.2) is 12.4 Å². The summed E-state index contributed by atoms with van der Waals surface area (Å²) in [5.74, 6) is 0.249. The van der Waals surface area contributed by atoms with Crippen LogP contribution in [0.5, 0.6) is 0 Å². The number of aromatic nitrogens is 4. The molecule has 0 fully saturated rings. The molecule has 2 rings (SSSR count). The number of nitrogens with one attached hydrogen (secondary N) is 1. The Morgan fingerprint density at radius 2 is 2.25 bits per heavy atom. The van der Waals surface area contributed by atoms with Crippen LogP contribution >= 0.6 is 22.6 Å². The zero-order valence-corrected chi connectivity index (χ0v) is 13.2. The molecule has 0 saturated carbocycles. The fourth-order valence-corrected chi connectivity index (χ4v) is 2.12. The van der Waals surface area contributed by atoms with Gasteiger partial charge in [0, 0.05) is 19.2 Å². The lowest BCUT2D eigenvalue weighted by Gasteiger charge is -2.07. The summed E-state index contributed by atoms with van der Waals surface area (Å²) in [4.78, 5) is 11.9. The van der Waals surface area contributed by atoms with Gasteiger partial charge in [-0.15, -0.1) is 0 Å². The summed E-state index contributed by atoms with van der Waals surface area (Å²) in [7, 11) is 1.68. The number of aryl methyl sites for hydroxylation is 2. The van der Waals surface area contributed by atoms with Gasteiger partial charge in [-0.05, 0) is 29.5 Å². The first-order chi connectivity index (χ1) is 9.52. The van der Waals surface area contributed by atoms with Crippen LogP contribution in [-0.2, 0) is 18.4 Å². The van der Waals surface area contributed by atoms with Crippen LogP contribution in [0.25, 0.3) is 0 Å². The number of hydrogen-bond donors (Lipinski definition) is 1. The summed E-state index contributed by atoms with van der Waals surface area (Å²) in [5, 5.41) is 19.8. The number of nitrogens with zero attached hydrogens (tertiary/aromatic N) is 5. The van der Waals surface area contributed by atoms with Gasteiger partial charge in [-0.25, -0.2) is 0 Å². The smallest absolute Gasteiger partial charge is 0.227 e. The van der Waals surface area contributed by atoms with E-state index in [0.29, 0.717) is 17.9 Å². The second-order valence-corrected chi connectivity index (χ2v) is 5.40. The number of rotatable bonds is 4. The van der Waals surface area contributed by atoms with Crippen molar-refractivity contribution >= 4 is 34.3 Å². The lowest BCUT2D eigenvalue weighted by Crippen LogP contribution is -2.18. The van der Waals surface area contributed by atoms with Crippen molar-refractivity contribution in [3.8, 4) is 6.07 Å². The highest BCUT2D eigenvalue weighted by Crippen LogP contribution is 2.13. The van der Waals surface area contributed by atoms with E-state index < -0.39 is 0 Å². The minimum Gasteiger partial charge on any atom is -0.310 e. The van der Waals surface area contributed by atoms with Crippen molar-refractivity contribution in [3.05, 3.63) is 27.2 Å². The summed E-state index contributed by atoms with van der Waals surface area (Å²) in [6.07, 6.45) is 3.48. The van der Waals surface area contributed by atoms with Gasteiger partial charge in [0.05, 0.1) is 22.5 Å². The summed E-state index contributed by atoms with van der Waals surface area (Å²) in [6.45, 7) is 2.46. The Kier molecular flexibility index (Phi) is 4.39. The number of nitriles is 1. The van der Waals surface area contributed by atoms with E-state index in [2.05, 4.69) is 38.1 Å². The third-order valence-electron chi connectivity index (χ3n) is 2.91. The SMILES string of the molecule is Cc1c(I)cnn1CCC(=O)Nc1c(C#N)cnn1C. The van der Waals surface area contributed by atoms with Gasteiger partial charge in [0.1, 0.15) is 17.5 Å². The Morgan fingerprint density at radius 3 is 2.85 bits per heavy atom. The van der Waals surface area contributed by atoms with Crippen LogP contribution in [0.2, 0.25) is 0 Å². The van der Waals surface area contributed by atoms with E-state index in [4.69, 9.17) is 5.26 Å². The zero-order chi connectivity index (χ0) is 14.7. The fourth-order valence-electron chi connectivity index (χ4n) is 1.72. The highest BCUT2D eigenvalue weighted by atomic mass is 127. The molecule has 0 aliphatic rings. The predicted molar refractivity (Wildman–Crippen MR) is 80.9 cm³/mol. The van der Waals surface area contributed by atoms with Crippen molar-refractivity contribution in [1.29, 1.82) is 5.26 Å². The Balaban J connectivity index is 1.98. The van der Waals surface area contributed by atoms with Crippen LogP contribution in [0.4, 0.5) is 5.82 Å². The Bertz CT molecular complexity index is 681. The molecule has 1 N–H and O–H groups in total. The predicted octanol–water partition coefficient (Wildman–Crippen LogP) is 1.43. The molecule has 2 aromatic heterocycles. The topological polar surface area (TPSA) is 88.5 Å². The number of amides is 1. The van der Waals surface area contributed by atoms with Gasteiger partial charge in [-0.1, -0.05) is 0 Å². The van der Waals surface area contributed by atoms with Crippen molar-refractivity contribution in [2.24, 2.45) is 7.05 Å². The lowest BCUT2D eigenvalue weighted by atomic mass is 10.3. The molecule has 0 saturated heterocycles. The molecule has 2 aromatic rings. The van der Waals surface area contributed by atoms with E-state index in [-0.39, 0.29) is 12.3 Å². The second kappa shape index (κ2) is 6.04. The zero-order valence-electron chi connectivity index (χ0n) is 11.1. The second-order valence-electron chi connectivity index (χ2n) is 4.24.